The van der Waals surface area contributed by atoms with Gasteiger partial charge in [-0.2, -0.15) is 25.3 Å². The van der Waals surface area contributed by atoms with Crippen LogP contribution in [0.1, 0.15) is 27.8 Å². The first-order valence-corrected chi connectivity index (χ1v) is 19.3. The van der Waals surface area contributed by atoms with Gasteiger partial charge in [0.1, 0.15) is 17.8 Å². The second-order valence-corrected chi connectivity index (χ2v) is 14.5. The number of hydrogen-bond donors (Lipinski definition) is 7. The first-order valence-electron chi connectivity index (χ1n) is 13.4. The van der Waals surface area contributed by atoms with Crippen molar-refractivity contribution in [3.8, 4) is 11.1 Å². The number of aromatic nitrogens is 1. The average Bonchev–Trinajstić information content (AvgIpc) is 3.06. The number of ether oxygens (including phenoxy) is 1. The number of carbonyl (C=O) groups excluding carboxylic acids is 5. The van der Waals surface area contributed by atoms with Crippen LogP contribution in [0, 0.1) is 0 Å². The smallest absolute Gasteiger partial charge is 0.329 e. The molecule has 46 heavy (non-hydrogen) atoms. The summed E-state index contributed by atoms with van der Waals surface area (Å²) < 4.78 is 5.10. The minimum atomic E-state index is -1.37. The topological polar surface area (TPSA) is 221 Å². The van der Waals surface area contributed by atoms with Gasteiger partial charge in [0.15, 0.2) is 0 Å². The zero-order chi connectivity index (χ0) is 34.2. The second kappa shape index (κ2) is 20.8. The Hall–Kier alpha value is -2.39. The third-order valence-electron chi connectivity index (χ3n) is 5.70. The van der Waals surface area contributed by atoms with Gasteiger partial charge in [0.2, 0.25) is 10.2 Å². The van der Waals surface area contributed by atoms with Crippen LogP contribution in [0.15, 0.2) is 42.6 Å². The lowest BCUT2D eigenvalue weighted by Crippen LogP contribution is -2.44. The zero-order valence-electron chi connectivity index (χ0n) is 24.3. The molecule has 0 aliphatic rings. The Balaban J connectivity index is 2.29. The van der Waals surface area contributed by atoms with E-state index in [1.807, 2.05) is 0 Å². The molecule has 0 fully saturated rings. The SMILES string of the molecule is CCOC(=O)C(CSSC(=O)[C@@H](N)CS)NC(=O)c1cnc(C(=O)NC(CSSC(=O)[C@@H](N)CS)C(=O)O)cc1-c1ccccc1. The van der Waals surface area contributed by atoms with Crippen molar-refractivity contribution in [1.29, 1.82) is 0 Å². The summed E-state index contributed by atoms with van der Waals surface area (Å²) in [5, 5.41) is 13.9. The van der Waals surface area contributed by atoms with Crippen molar-refractivity contribution in [2.45, 2.75) is 31.1 Å². The van der Waals surface area contributed by atoms with Gasteiger partial charge in [0, 0.05) is 29.2 Å². The number of amides is 2. The minimum Gasteiger partial charge on any atom is -0.480 e. The molecule has 4 atom stereocenters. The molecule has 13 nitrogen and oxygen atoms in total. The Morgan fingerprint density at radius 2 is 1.43 bits per heavy atom. The van der Waals surface area contributed by atoms with Crippen LogP contribution < -0.4 is 22.1 Å². The summed E-state index contributed by atoms with van der Waals surface area (Å²) in [6.07, 6.45) is 1.14. The number of carbonyl (C=O) groups is 6. The van der Waals surface area contributed by atoms with Crippen LogP contribution >= 0.6 is 68.4 Å². The van der Waals surface area contributed by atoms with Gasteiger partial charge in [-0.25, -0.2) is 9.59 Å². The Morgan fingerprint density at radius 3 is 1.96 bits per heavy atom. The van der Waals surface area contributed by atoms with E-state index in [2.05, 4.69) is 40.9 Å². The van der Waals surface area contributed by atoms with Crippen LogP contribution in [-0.4, -0.2) is 97.9 Å². The van der Waals surface area contributed by atoms with Crippen molar-refractivity contribution in [1.82, 2.24) is 15.6 Å². The summed E-state index contributed by atoms with van der Waals surface area (Å²) in [6.45, 7) is 1.67. The summed E-state index contributed by atoms with van der Waals surface area (Å²) in [5.74, 6) is -3.48. The molecule has 0 bridgehead atoms. The van der Waals surface area contributed by atoms with Crippen molar-refractivity contribution in [2.24, 2.45) is 11.5 Å². The van der Waals surface area contributed by atoms with Gasteiger partial charge in [-0.1, -0.05) is 51.9 Å². The second-order valence-electron chi connectivity index (χ2n) is 9.08. The fourth-order valence-electron chi connectivity index (χ4n) is 3.26. The quantitative estimate of drug-likeness (QED) is 0.0658. The molecule has 2 unspecified atom stereocenters. The van der Waals surface area contributed by atoms with E-state index >= 15 is 0 Å². The molecule has 19 heteroatoms. The number of nitrogens with zero attached hydrogens (tertiary/aromatic N) is 1. The third kappa shape index (κ3) is 12.7. The maximum absolute atomic E-state index is 13.5. The molecule has 2 aromatic rings. The first kappa shape index (κ1) is 39.8. The highest BCUT2D eigenvalue weighted by molar-refractivity contribution is 8.82. The lowest BCUT2D eigenvalue weighted by molar-refractivity contribution is -0.144. The van der Waals surface area contributed by atoms with Crippen molar-refractivity contribution in [3.05, 3.63) is 53.9 Å². The molecule has 0 saturated carbocycles. The number of pyridine rings is 1. The maximum atomic E-state index is 13.5. The number of nitrogens with two attached hydrogens (primary N) is 2. The first-order chi connectivity index (χ1) is 21.9. The van der Waals surface area contributed by atoms with Gasteiger partial charge < -0.3 is 31.9 Å². The summed E-state index contributed by atoms with van der Waals surface area (Å²) in [7, 11) is 3.54. The number of thiol groups is 2. The van der Waals surface area contributed by atoms with E-state index < -0.39 is 47.9 Å². The lowest BCUT2D eigenvalue weighted by atomic mass is 9.99. The fourth-order valence-corrected chi connectivity index (χ4v) is 8.01. The van der Waals surface area contributed by atoms with Crippen LogP contribution in [-0.2, 0) is 23.9 Å². The molecule has 0 radical (unpaired) electrons. The molecule has 2 rings (SSSR count). The number of carboxylic acid groups (broad SMARTS) is 1. The molecular weight excluding hydrogens is 715 g/mol. The van der Waals surface area contributed by atoms with E-state index in [4.69, 9.17) is 16.2 Å². The van der Waals surface area contributed by atoms with E-state index in [0.717, 1.165) is 49.4 Å². The van der Waals surface area contributed by atoms with E-state index in [1.165, 1.54) is 6.07 Å². The number of esters is 1. The van der Waals surface area contributed by atoms with E-state index in [1.54, 1.807) is 37.3 Å². The monoisotopic (exact) mass is 747 g/mol. The molecule has 1 heterocycles. The standard InChI is InChI=1S/C27H33N5O8S6/c1-2-40-25(37)21(13-44-46-27(39)18(29)11-42)32-22(33)16-9-30-19(8-15(16)14-6-4-3-5-7-14)23(34)31-20(24(35)36)12-43-45-26(38)17(28)10-41/h3-9,17-18,20-21,41-42H,2,10-13,28-29H2,1H3,(H,31,34)(H,32,33)(H,35,36)/t17-,18-,20?,21?/m0/s1. The number of carboxylic acids is 1. The van der Waals surface area contributed by atoms with Crippen LogP contribution in [0.2, 0.25) is 0 Å². The summed E-state index contributed by atoms with van der Waals surface area (Å²) in [4.78, 5) is 79.2. The van der Waals surface area contributed by atoms with E-state index in [9.17, 15) is 33.9 Å². The molecule has 0 aliphatic carbocycles. The molecule has 0 aliphatic heterocycles. The largest absolute Gasteiger partial charge is 0.480 e. The molecule has 1 aromatic carbocycles. The van der Waals surface area contributed by atoms with Gasteiger partial charge >= 0.3 is 11.9 Å². The van der Waals surface area contributed by atoms with Crippen LogP contribution in [0.25, 0.3) is 11.1 Å². The fraction of sp³-hybridized carbons (Fsp3) is 0.370. The summed E-state index contributed by atoms with van der Waals surface area (Å²) in [6, 6.07) is 5.79. The Bertz CT molecular complexity index is 1390. The van der Waals surface area contributed by atoms with Gasteiger partial charge in [0.25, 0.3) is 11.8 Å². The van der Waals surface area contributed by atoms with Crippen LogP contribution in [0.4, 0.5) is 0 Å². The molecule has 0 spiro atoms. The number of rotatable bonds is 18. The van der Waals surface area contributed by atoms with Crippen LogP contribution in [0.5, 0.6) is 0 Å². The minimum absolute atomic E-state index is 0.0173. The highest BCUT2D eigenvalue weighted by atomic mass is 33.1. The molecule has 2 amide bonds. The Kier molecular flexibility index (Phi) is 18.0. The summed E-state index contributed by atoms with van der Waals surface area (Å²) >= 11 is 7.96. The number of benzene rings is 1. The highest BCUT2D eigenvalue weighted by Gasteiger charge is 2.28. The van der Waals surface area contributed by atoms with Crippen molar-refractivity contribution in [3.63, 3.8) is 0 Å². The van der Waals surface area contributed by atoms with Crippen molar-refractivity contribution in [2.75, 3.05) is 29.6 Å². The third-order valence-corrected chi connectivity index (χ3v) is 11.1. The van der Waals surface area contributed by atoms with Gasteiger partial charge in [-0.15, -0.1) is 0 Å². The Morgan fingerprint density at radius 1 is 0.891 bits per heavy atom. The molecule has 250 valence electrons. The molecule has 7 N–H and O–H groups in total. The summed E-state index contributed by atoms with van der Waals surface area (Å²) in [5.41, 5.74) is 12.0. The number of nitrogens with one attached hydrogen (secondary N) is 2. The highest BCUT2D eigenvalue weighted by Crippen LogP contribution is 2.27. The van der Waals surface area contributed by atoms with E-state index in [0.29, 0.717) is 5.56 Å². The number of aliphatic carboxylic acids is 1. The van der Waals surface area contributed by atoms with Crippen molar-refractivity contribution >= 4 is 102 Å². The molecule has 0 saturated heterocycles. The predicted molar refractivity (Wildman–Crippen MR) is 190 cm³/mol. The predicted octanol–water partition coefficient (Wildman–Crippen LogP) is 1.92. The Labute approximate surface area is 292 Å². The lowest BCUT2D eigenvalue weighted by Gasteiger charge is -2.19. The normalized spacial score (nSPS) is 13.5. The van der Waals surface area contributed by atoms with Gasteiger partial charge in [-0.05, 0) is 45.7 Å². The van der Waals surface area contributed by atoms with Gasteiger partial charge in [-0.3, -0.25) is 24.2 Å². The van der Waals surface area contributed by atoms with Crippen molar-refractivity contribution < 1.29 is 38.6 Å². The zero-order valence-corrected chi connectivity index (χ0v) is 29.4. The van der Waals surface area contributed by atoms with Gasteiger partial charge in [0.05, 0.1) is 24.3 Å². The molecular formula is C27H33N5O8S6. The maximum Gasteiger partial charge on any atom is 0.329 e. The van der Waals surface area contributed by atoms with Crippen LogP contribution in [0.3, 0.4) is 0 Å². The van der Waals surface area contributed by atoms with E-state index in [-0.39, 0.29) is 56.7 Å². The number of hydrogen-bond acceptors (Lipinski definition) is 16. The molecule has 1 aromatic heterocycles. The average molecular weight is 748 g/mol.